The van der Waals surface area contributed by atoms with Gasteiger partial charge in [-0.25, -0.2) is 0 Å². The highest BCUT2D eigenvalue weighted by Gasteiger charge is 2.17. The molecule has 1 heterocycles. The normalized spacial score (nSPS) is 14.8. The lowest BCUT2D eigenvalue weighted by Crippen LogP contribution is -2.33. The summed E-state index contributed by atoms with van der Waals surface area (Å²) in [5.41, 5.74) is 1.90. The second kappa shape index (κ2) is 8.18. The van der Waals surface area contributed by atoms with Crippen molar-refractivity contribution in [3.63, 3.8) is 0 Å². The molecule has 0 spiro atoms. The minimum Gasteiger partial charge on any atom is -0.353 e. The number of thioether (sulfide) groups is 1. The van der Waals surface area contributed by atoms with Crippen molar-refractivity contribution in [2.75, 3.05) is 11.1 Å². The number of aryl methyl sites for hydroxylation is 1. The average Bonchev–Trinajstić information content (AvgIpc) is 3.21. The standard InChI is InChI=1S/C16H19ClN4OS2/c1-10-6-7-12(8-13(10)17)19-15-20-21-16(24-15)23-9-14(22)18-11-4-2-3-5-11/h6-8,11H,2-5,9H2,1H3,(H,18,22)(H,19,20). The van der Waals surface area contributed by atoms with Crippen LogP contribution in [0.1, 0.15) is 31.2 Å². The smallest absolute Gasteiger partial charge is 0.230 e. The number of nitrogens with one attached hydrogen (secondary N) is 2. The number of aromatic nitrogens is 2. The molecule has 8 heteroatoms. The van der Waals surface area contributed by atoms with E-state index < -0.39 is 0 Å². The van der Waals surface area contributed by atoms with Crippen molar-refractivity contribution in [1.82, 2.24) is 15.5 Å². The van der Waals surface area contributed by atoms with E-state index in [1.165, 1.54) is 35.9 Å². The third kappa shape index (κ3) is 4.84. The Morgan fingerprint density at radius 2 is 2.17 bits per heavy atom. The summed E-state index contributed by atoms with van der Waals surface area (Å²) in [5, 5.41) is 15.9. The van der Waals surface area contributed by atoms with Gasteiger partial charge in [0, 0.05) is 16.8 Å². The molecule has 0 atom stereocenters. The summed E-state index contributed by atoms with van der Waals surface area (Å²) in [6.45, 7) is 1.96. The van der Waals surface area contributed by atoms with Gasteiger partial charge < -0.3 is 10.6 Å². The number of hydrogen-bond acceptors (Lipinski definition) is 6. The lowest BCUT2D eigenvalue weighted by molar-refractivity contribution is -0.119. The molecule has 0 saturated heterocycles. The van der Waals surface area contributed by atoms with Crippen LogP contribution >= 0.6 is 34.7 Å². The number of hydrogen-bond donors (Lipinski definition) is 2. The third-order valence-electron chi connectivity index (χ3n) is 3.88. The molecule has 24 heavy (non-hydrogen) atoms. The van der Waals surface area contributed by atoms with Crippen LogP contribution in [0.3, 0.4) is 0 Å². The molecule has 0 bridgehead atoms. The van der Waals surface area contributed by atoms with Gasteiger partial charge in [0.25, 0.3) is 0 Å². The number of nitrogens with zero attached hydrogens (tertiary/aromatic N) is 2. The molecule has 3 rings (SSSR count). The van der Waals surface area contributed by atoms with Crippen LogP contribution in [0.25, 0.3) is 0 Å². The van der Waals surface area contributed by atoms with Gasteiger partial charge in [0.1, 0.15) is 0 Å². The molecule has 128 valence electrons. The topological polar surface area (TPSA) is 66.9 Å². The summed E-state index contributed by atoms with van der Waals surface area (Å²) in [7, 11) is 0. The van der Waals surface area contributed by atoms with E-state index in [2.05, 4.69) is 20.8 Å². The molecule has 1 aliphatic carbocycles. The zero-order chi connectivity index (χ0) is 16.9. The quantitative estimate of drug-likeness (QED) is 0.725. The van der Waals surface area contributed by atoms with Gasteiger partial charge in [-0.1, -0.05) is 53.6 Å². The number of carbonyl (C=O) groups is 1. The molecule has 2 aromatic rings. The first-order valence-electron chi connectivity index (χ1n) is 7.89. The molecule has 1 amide bonds. The monoisotopic (exact) mass is 382 g/mol. The van der Waals surface area contributed by atoms with E-state index in [0.717, 1.165) is 28.4 Å². The molecule has 0 unspecified atom stereocenters. The van der Waals surface area contributed by atoms with Gasteiger partial charge in [-0.05, 0) is 37.5 Å². The van der Waals surface area contributed by atoms with Gasteiger partial charge >= 0.3 is 0 Å². The fourth-order valence-electron chi connectivity index (χ4n) is 2.58. The van der Waals surface area contributed by atoms with Crippen LogP contribution in [0, 0.1) is 6.92 Å². The van der Waals surface area contributed by atoms with Gasteiger partial charge in [0.05, 0.1) is 5.75 Å². The summed E-state index contributed by atoms with van der Waals surface area (Å²) < 4.78 is 0.775. The van der Waals surface area contributed by atoms with Crippen LogP contribution in [0.2, 0.25) is 5.02 Å². The summed E-state index contributed by atoms with van der Waals surface area (Å²) in [5.74, 6) is 0.448. The van der Waals surface area contributed by atoms with E-state index in [-0.39, 0.29) is 5.91 Å². The third-order valence-corrected chi connectivity index (χ3v) is 6.26. The Morgan fingerprint density at radius 3 is 2.92 bits per heavy atom. The first-order chi connectivity index (χ1) is 11.6. The van der Waals surface area contributed by atoms with Crippen molar-refractivity contribution >= 4 is 51.4 Å². The van der Waals surface area contributed by atoms with Crippen molar-refractivity contribution < 1.29 is 4.79 Å². The SMILES string of the molecule is Cc1ccc(Nc2nnc(SCC(=O)NC3CCCC3)s2)cc1Cl. The molecule has 1 saturated carbocycles. The van der Waals surface area contributed by atoms with E-state index in [9.17, 15) is 4.79 Å². The Hall–Kier alpha value is -1.31. The van der Waals surface area contributed by atoms with Crippen LogP contribution < -0.4 is 10.6 Å². The Morgan fingerprint density at radius 1 is 1.38 bits per heavy atom. The minimum atomic E-state index is 0.0712. The summed E-state index contributed by atoms with van der Waals surface area (Å²) in [4.78, 5) is 11.9. The fourth-order valence-corrected chi connectivity index (χ4v) is 4.34. The fraction of sp³-hybridized carbons (Fsp3) is 0.438. The second-order valence-corrected chi connectivity index (χ2v) is 8.41. The number of carbonyl (C=O) groups excluding carboxylic acids is 1. The van der Waals surface area contributed by atoms with E-state index in [0.29, 0.717) is 21.9 Å². The van der Waals surface area contributed by atoms with Crippen LogP contribution in [0.15, 0.2) is 22.5 Å². The Balaban J connectivity index is 1.49. The van der Waals surface area contributed by atoms with Gasteiger partial charge in [-0.15, -0.1) is 10.2 Å². The van der Waals surface area contributed by atoms with E-state index in [1.54, 1.807) is 0 Å². The van der Waals surface area contributed by atoms with Crippen molar-refractivity contribution in [2.24, 2.45) is 0 Å². The van der Waals surface area contributed by atoms with Crippen LogP contribution in [0.5, 0.6) is 0 Å². The summed E-state index contributed by atoms with van der Waals surface area (Å²) >= 11 is 8.96. The molecular weight excluding hydrogens is 364 g/mol. The van der Waals surface area contributed by atoms with Gasteiger partial charge in [-0.2, -0.15) is 0 Å². The van der Waals surface area contributed by atoms with Gasteiger partial charge in [0.2, 0.25) is 11.0 Å². The van der Waals surface area contributed by atoms with E-state index >= 15 is 0 Å². The highest BCUT2D eigenvalue weighted by Crippen LogP contribution is 2.29. The number of benzene rings is 1. The van der Waals surface area contributed by atoms with Gasteiger partial charge in [-0.3, -0.25) is 4.79 Å². The number of amides is 1. The number of rotatable bonds is 6. The molecule has 0 radical (unpaired) electrons. The van der Waals surface area contributed by atoms with Gasteiger partial charge in [0.15, 0.2) is 4.34 Å². The molecule has 1 aliphatic rings. The Labute approximate surface area is 154 Å². The van der Waals surface area contributed by atoms with E-state index in [1.807, 2.05) is 25.1 Å². The molecular formula is C16H19ClN4OS2. The zero-order valence-corrected chi connectivity index (χ0v) is 15.7. The van der Waals surface area contributed by atoms with Crippen molar-refractivity contribution in [1.29, 1.82) is 0 Å². The van der Waals surface area contributed by atoms with Crippen LogP contribution in [-0.4, -0.2) is 27.9 Å². The lowest BCUT2D eigenvalue weighted by atomic mass is 10.2. The summed E-state index contributed by atoms with van der Waals surface area (Å²) in [6, 6.07) is 6.12. The highest BCUT2D eigenvalue weighted by molar-refractivity contribution is 8.01. The average molecular weight is 383 g/mol. The molecule has 1 aromatic carbocycles. The maximum Gasteiger partial charge on any atom is 0.230 e. The Kier molecular flexibility index (Phi) is 5.97. The first-order valence-corrected chi connectivity index (χ1v) is 10.1. The van der Waals surface area contributed by atoms with Crippen molar-refractivity contribution in [3.8, 4) is 0 Å². The van der Waals surface area contributed by atoms with E-state index in [4.69, 9.17) is 11.6 Å². The molecule has 1 fully saturated rings. The van der Waals surface area contributed by atoms with Crippen molar-refractivity contribution in [3.05, 3.63) is 28.8 Å². The maximum absolute atomic E-state index is 11.9. The summed E-state index contributed by atoms with van der Waals surface area (Å²) in [6.07, 6.45) is 4.63. The number of anilines is 2. The number of halogens is 1. The Bertz CT molecular complexity index is 716. The lowest BCUT2D eigenvalue weighted by Gasteiger charge is -2.10. The molecule has 5 nitrogen and oxygen atoms in total. The largest absolute Gasteiger partial charge is 0.353 e. The molecule has 2 N–H and O–H groups in total. The maximum atomic E-state index is 11.9. The molecule has 1 aromatic heterocycles. The van der Waals surface area contributed by atoms with Crippen LogP contribution in [0.4, 0.5) is 10.8 Å². The highest BCUT2D eigenvalue weighted by atomic mass is 35.5. The molecule has 0 aliphatic heterocycles. The van der Waals surface area contributed by atoms with Crippen molar-refractivity contribution in [2.45, 2.75) is 43.0 Å². The predicted octanol–water partition coefficient (Wildman–Crippen LogP) is 4.39. The second-order valence-electron chi connectivity index (χ2n) is 5.80. The zero-order valence-electron chi connectivity index (χ0n) is 13.3. The minimum absolute atomic E-state index is 0.0712. The van der Waals surface area contributed by atoms with Crippen LogP contribution in [-0.2, 0) is 4.79 Å². The first kappa shape index (κ1) is 17.5. The predicted molar refractivity (Wildman–Crippen MR) is 101 cm³/mol.